The van der Waals surface area contributed by atoms with Crippen LogP contribution in [0.4, 0.5) is 0 Å². The average Bonchev–Trinajstić information content (AvgIpc) is 3.29. The zero-order valence-electron chi connectivity index (χ0n) is 41.0. The number of ether oxygens (including phenoxy) is 2. The van der Waals surface area contributed by atoms with Crippen molar-refractivity contribution in [1.82, 2.24) is 5.32 Å². The molecule has 0 radical (unpaired) electrons. The molecule has 9 heteroatoms. The number of aliphatic hydroxyl groups excluding tert-OH is 5. The molecule has 1 heterocycles. The van der Waals surface area contributed by atoms with Crippen LogP contribution in [0.2, 0.25) is 0 Å². The fourth-order valence-corrected chi connectivity index (χ4v) is 8.15. The van der Waals surface area contributed by atoms with E-state index >= 15 is 0 Å². The van der Waals surface area contributed by atoms with Gasteiger partial charge in [0.1, 0.15) is 24.4 Å². The molecule has 6 N–H and O–H groups in total. The van der Waals surface area contributed by atoms with Crippen LogP contribution >= 0.6 is 0 Å². The molecule has 1 amide bonds. The Labute approximate surface area is 392 Å². The molecule has 1 rings (SSSR count). The number of carbonyl (C=O) groups is 1. The lowest BCUT2D eigenvalue weighted by atomic mass is 9.99. The quantitative estimate of drug-likeness (QED) is 0.0262. The van der Waals surface area contributed by atoms with Crippen LogP contribution in [0, 0.1) is 0 Å². The molecule has 1 fully saturated rings. The van der Waals surface area contributed by atoms with Crippen molar-refractivity contribution in [2.45, 2.75) is 269 Å². The molecule has 372 valence electrons. The Morgan fingerprint density at radius 3 is 1.44 bits per heavy atom. The molecule has 0 aromatic carbocycles. The van der Waals surface area contributed by atoms with E-state index in [0.29, 0.717) is 6.42 Å². The Morgan fingerprint density at radius 1 is 0.547 bits per heavy atom. The number of aliphatic hydroxyl groups is 5. The third kappa shape index (κ3) is 34.2. The van der Waals surface area contributed by atoms with E-state index in [1.165, 1.54) is 135 Å². The summed E-state index contributed by atoms with van der Waals surface area (Å²) in [7, 11) is 0. The smallest absolute Gasteiger partial charge is 0.220 e. The number of allylic oxidation sites excluding steroid dienone is 9. The first kappa shape index (κ1) is 59.9. The summed E-state index contributed by atoms with van der Waals surface area (Å²) in [5.74, 6) is -0.181. The monoisotopic (exact) mass is 902 g/mol. The van der Waals surface area contributed by atoms with Crippen LogP contribution < -0.4 is 5.32 Å². The zero-order chi connectivity index (χ0) is 46.6. The minimum absolute atomic E-state index is 0.181. The van der Waals surface area contributed by atoms with Crippen molar-refractivity contribution in [3.05, 3.63) is 60.8 Å². The van der Waals surface area contributed by atoms with E-state index in [4.69, 9.17) is 9.47 Å². The maximum atomic E-state index is 12.9. The second-order valence-electron chi connectivity index (χ2n) is 18.3. The van der Waals surface area contributed by atoms with E-state index in [2.05, 4.69) is 67.8 Å². The summed E-state index contributed by atoms with van der Waals surface area (Å²) in [6.07, 6.45) is 53.5. The number of hydrogen-bond donors (Lipinski definition) is 6. The van der Waals surface area contributed by atoms with Crippen molar-refractivity contribution < 1.29 is 39.8 Å². The summed E-state index contributed by atoms with van der Waals surface area (Å²) in [5, 5.41) is 53.9. The first-order valence-electron chi connectivity index (χ1n) is 26.5. The first-order chi connectivity index (χ1) is 31.3. The number of hydrogen-bond acceptors (Lipinski definition) is 8. The zero-order valence-corrected chi connectivity index (χ0v) is 41.0. The average molecular weight is 902 g/mol. The lowest BCUT2D eigenvalue weighted by Crippen LogP contribution is -2.60. The van der Waals surface area contributed by atoms with E-state index in [1.54, 1.807) is 6.08 Å². The SMILES string of the molecule is CC/C=C\C/C=C\C/C=C\C/C=C\CCCCCCCCCCCCCCCCCCCCCCCCC(=O)NC(COC1OC(CO)C(O)C(O)C1O)C(O)/C=C/CCCCCC. The van der Waals surface area contributed by atoms with Gasteiger partial charge in [0, 0.05) is 6.42 Å². The van der Waals surface area contributed by atoms with Gasteiger partial charge in [0.25, 0.3) is 0 Å². The summed E-state index contributed by atoms with van der Waals surface area (Å²) in [6, 6.07) is -0.800. The summed E-state index contributed by atoms with van der Waals surface area (Å²) in [5.41, 5.74) is 0. The molecule has 0 saturated carbocycles. The van der Waals surface area contributed by atoms with Crippen molar-refractivity contribution in [3.63, 3.8) is 0 Å². The van der Waals surface area contributed by atoms with Crippen LogP contribution in [0.25, 0.3) is 0 Å². The Kier molecular flexibility index (Phi) is 41.9. The summed E-state index contributed by atoms with van der Waals surface area (Å²) in [4.78, 5) is 12.9. The fraction of sp³-hybridized carbons (Fsp3) is 0.800. The first-order valence-corrected chi connectivity index (χ1v) is 26.5. The van der Waals surface area contributed by atoms with Gasteiger partial charge in [0.05, 0.1) is 25.4 Å². The molecule has 64 heavy (non-hydrogen) atoms. The largest absolute Gasteiger partial charge is 0.394 e. The highest BCUT2D eigenvalue weighted by molar-refractivity contribution is 5.76. The number of rotatable bonds is 44. The van der Waals surface area contributed by atoms with Crippen LogP contribution in [0.3, 0.4) is 0 Å². The summed E-state index contributed by atoms with van der Waals surface area (Å²) >= 11 is 0. The summed E-state index contributed by atoms with van der Waals surface area (Å²) in [6.45, 7) is 3.58. The molecule has 1 aliphatic rings. The minimum Gasteiger partial charge on any atom is -0.394 e. The molecular weight excluding hydrogens is 803 g/mol. The van der Waals surface area contributed by atoms with E-state index in [0.717, 1.165) is 70.6 Å². The number of unbranched alkanes of at least 4 members (excludes halogenated alkanes) is 26. The normalized spacial score (nSPS) is 20.5. The molecule has 0 aromatic heterocycles. The summed E-state index contributed by atoms with van der Waals surface area (Å²) < 4.78 is 11.1. The molecular formula is C55H99NO8. The van der Waals surface area contributed by atoms with Gasteiger partial charge in [-0.2, -0.15) is 0 Å². The van der Waals surface area contributed by atoms with Crippen LogP contribution in [0.15, 0.2) is 60.8 Å². The topological polar surface area (TPSA) is 149 Å². The highest BCUT2D eigenvalue weighted by Crippen LogP contribution is 2.23. The third-order valence-electron chi connectivity index (χ3n) is 12.3. The highest BCUT2D eigenvalue weighted by atomic mass is 16.7. The van der Waals surface area contributed by atoms with E-state index < -0.39 is 49.5 Å². The van der Waals surface area contributed by atoms with Crippen LogP contribution in [0.1, 0.15) is 226 Å². The second-order valence-corrected chi connectivity index (χ2v) is 18.3. The van der Waals surface area contributed by atoms with Crippen molar-refractivity contribution in [3.8, 4) is 0 Å². The predicted octanol–water partition coefficient (Wildman–Crippen LogP) is 12.3. The molecule has 0 aromatic rings. The van der Waals surface area contributed by atoms with Gasteiger partial charge in [-0.15, -0.1) is 0 Å². The fourth-order valence-electron chi connectivity index (χ4n) is 8.15. The number of carbonyl (C=O) groups excluding carboxylic acids is 1. The molecule has 0 spiro atoms. The Hall–Kier alpha value is -2.11. The van der Waals surface area contributed by atoms with Gasteiger partial charge in [0.2, 0.25) is 5.91 Å². The van der Waals surface area contributed by atoms with Gasteiger partial charge in [-0.1, -0.05) is 222 Å². The Morgan fingerprint density at radius 2 is 0.969 bits per heavy atom. The standard InChI is InChI=1S/C55H99NO8/c1-3-5-7-9-11-12-13-14-15-16-17-18-19-20-21-22-23-24-25-26-27-28-29-30-31-32-33-34-35-36-37-38-39-41-43-45-51(59)56-48(49(58)44-42-40-10-8-6-4-2)47-63-55-54(62)53(61)52(60)50(46-57)64-55/h5,7,11-12,14-15,17-18,42,44,48-50,52-55,57-58,60-62H,3-4,6,8-10,13,16,19-41,43,45-47H2,1-2H3,(H,56,59)/b7-5-,12-11-,15-14-,18-17-,44-42+. The van der Waals surface area contributed by atoms with Crippen LogP contribution in [0.5, 0.6) is 0 Å². The van der Waals surface area contributed by atoms with Crippen molar-refractivity contribution in [2.75, 3.05) is 13.2 Å². The third-order valence-corrected chi connectivity index (χ3v) is 12.3. The molecule has 0 aliphatic carbocycles. The molecule has 1 saturated heterocycles. The molecule has 0 bridgehead atoms. The maximum Gasteiger partial charge on any atom is 0.220 e. The van der Waals surface area contributed by atoms with Gasteiger partial charge in [-0.3, -0.25) is 4.79 Å². The number of amides is 1. The van der Waals surface area contributed by atoms with Gasteiger partial charge in [0.15, 0.2) is 6.29 Å². The van der Waals surface area contributed by atoms with E-state index in [9.17, 15) is 30.3 Å². The van der Waals surface area contributed by atoms with Crippen molar-refractivity contribution in [1.29, 1.82) is 0 Å². The molecule has 1 aliphatic heterocycles. The highest BCUT2D eigenvalue weighted by Gasteiger charge is 2.44. The van der Waals surface area contributed by atoms with Crippen LogP contribution in [-0.4, -0.2) is 87.5 Å². The van der Waals surface area contributed by atoms with Gasteiger partial charge in [-0.25, -0.2) is 0 Å². The van der Waals surface area contributed by atoms with Gasteiger partial charge < -0.3 is 40.3 Å². The second kappa shape index (κ2) is 44.7. The van der Waals surface area contributed by atoms with Gasteiger partial charge >= 0.3 is 0 Å². The van der Waals surface area contributed by atoms with Crippen molar-refractivity contribution >= 4 is 5.91 Å². The Bertz CT molecular complexity index is 1180. The van der Waals surface area contributed by atoms with Gasteiger partial charge in [-0.05, 0) is 57.8 Å². The lowest BCUT2D eigenvalue weighted by molar-refractivity contribution is -0.302. The lowest BCUT2D eigenvalue weighted by Gasteiger charge is -2.40. The van der Waals surface area contributed by atoms with E-state index in [-0.39, 0.29) is 12.5 Å². The van der Waals surface area contributed by atoms with Crippen LogP contribution in [-0.2, 0) is 14.3 Å². The van der Waals surface area contributed by atoms with E-state index in [1.807, 2.05) is 6.08 Å². The predicted molar refractivity (Wildman–Crippen MR) is 267 cm³/mol. The molecule has 9 nitrogen and oxygen atoms in total. The maximum absolute atomic E-state index is 12.9. The number of nitrogens with one attached hydrogen (secondary N) is 1. The van der Waals surface area contributed by atoms with Crippen molar-refractivity contribution in [2.24, 2.45) is 0 Å². The Balaban J connectivity index is 2.00. The molecule has 7 atom stereocenters. The molecule has 7 unspecified atom stereocenters. The minimum atomic E-state index is -1.56.